The van der Waals surface area contributed by atoms with E-state index < -0.39 is 11.6 Å². The number of allylic oxidation sites excluding steroid dienone is 4. The SMILES string of the molecule is CC1=C(C)OC2(O1)c1ccccc1Oc1ccc(C3CCCCC34OC(C)=C(C)O4)cc12. The van der Waals surface area contributed by atoms with Gasteiger partial charge in [0.15, 0.2) is 0 Å². The highest BCUT2D eigenvalue weighted by molar-refractivity contribution is 5.57. The molecule has 2 aromatic carbocycles. The van der Waals surface area contributed by atoms with Gasteiger partial charge in [-0.05, 0) is 70.4 Å². The van der Waals surface area contributed by atoms with Gasteiger partial charge >= 0.3 is 5.79 Å². The van der Waals surface area contributed by atoms with E-state index in [0.29, 0.717) is 0 Å². The second-order valence-corrected chi connectivity index (χ2v) is 9.21. The van der Waals surface area contributed by atoms with E-state index in [0.717, 1.165) is 76.9 Å². The molecule has 166 valence electrons. The van der Waals surface area contributed by atoms with Gasteiger partial charge in [-0.1, -0.05) is 24.6 Å². The number of fused-ring (bicyclic) bond motifs is 4. The molecular formula is C27H28O5. The molecule has 3 heterocycles. The fourth-order valence-corrected chi connectivity index (χ4v) is 5.48. The van der Waals surface area contributed by atoms with Crippen molar-refractivity contribution < 1.29 is 23.7 Å². The minimum Gasteiger partial charge on any atom is -0.456 e. The molecule has 1 fully saturated rings. The second kappa shape index (κ2) is 6.71. The highest BCUT2D eigenvalue weighted by Crippen LogP contribution is 2.56. The molecule has 0 amide bonds. The molecule has 6 rings (SSSR count). The average molecular weight is 433 g/mol. The fourth-order valence-electron chi connectivity index (χ4n) is 5.48. The van der Waals surface area contributed by atoms with Crippen LogP contribution < -0.4 is 4.74 Å². The van der Waals surface area contributed by atoms with Gasteiger partial charge in [-0.3, -0.25) is 0 Å². The van der Waals surface area contributed by atoms with E-state index in [-0.39, 0.29) is 5.92 Å². The summed E-state index contributed by atoms with van der Waals surface area (Å²) >= 11 is 0. The Hall–Kier alpha value is -3.08. The Balaban J connectivity index is 1.47. The summed E-state index contributed by atoms with van der Waals surface area (Å²) in [4.78, 5) is 0. The summed E-state index contributed by atoms with van der Waals surface area (Å²) in [5.74, 6) is 3.25. The number of benzene rings is 2. The van der Waals surface area contributed by atoms with Gasteiger partial charge in [0.05, 0.1) is 17.0 Å². The first-order chi connectivity index (χ1) is 15.4. The molecule has 1 saturated carbocycles. The van der Waals surface area contributed by atoms with Gasteiger partial charge in [0.2, 0.25) is 0 Å². The van der Waals surface area contributed by atoms with Crippen molar-refractivity contribution >= 4 is 0 Å². The van der Waals surface area contributed by atoms with Gasteiger partial charge in [-0.15, -0.1) is 0 Å². The van der Waals surface area contributed by atoms with Gasteiger partial charge < -0.3 is 23.7 Å². The quantitative estimate of drug-likeness (QED) is 0.488. The summed E-state index contributed by atoms with van der Waals surface area (Å²) in [6.07, 6.45) is 4.12. The van der Waals surface area contributed by atoms with Gasteiger partial charge in [-0.25, -0.2) is 0 Å². The van der Waals surface area contributed by atoms with Crippen molar-refractivity contribution in [1.82, 2.24) is 0 Å². The molecule has 3 aliphatic heterocycles. The Morgan fingerprint density at radius 2 is 1.38 bits per heavy atom. The minimum absolute atomic E-state index is 0.111. The van der Waals surface area contributed by atoms with Crippen molar-refractivity contribution in [3.8, 4) is 11.5 Å². The molecule has 5 nitrogen and oxygen atoms in total. The highest BCUT2D eigenvalue weighted by Gasteiger charge is 2.53. The largest absolute Gasteiger partial charge is 0.456 e. The molecule has 0 aromatic heterocycles. The zero-order valence-corrected chi connectivity index (χ0v) is 19.0. The monoisotopic (exact) mass is 432 g/mol. The van der Waals surface area contributed by atoms with Crippen LogP contribution in [0.25, 0.3) is 0 Å². The number of hydrogen-bond acceptors (Lipinski definition) is 5. The van der Waals surface area contributed by atoms with E-state index in [2.05, 4.69) is 12.1 Å². The Labute approximate surface area is 188 Å². The Morgan fingerprint density at radius 1 is 0.719 bits per heavy atom. The molecule has 4 aliphatic rings. The second-order valence-electron chi connectivity index (χ2n) is 9.21. The lowest BCUT2D eigenvalue weighted by Crippen LogP contribution is -2.41. The first kappa shape index (κ1) is 19.6. The van der Waals surface area contributed by atoms with Gasteiger partial charge in [0, 0.05) is 6.42 Å². The molecule has 2 spiro atoms. The topological polar surface area (TPSA) is 46.2 Å². The van der Waals surface area contributed by atoms with Crippen LogP contribution in [0.5, 0.6) is 11.5 Å². The molecule has 2 aromatic rings. The lowest BCUT2D eigenvalue weighted by molar-refractivity contribution is -0.187. The number of rotatable bonds is 1. The number of ether oxygens (including phenoxy) is 5. The van der Waals surface area contributed by atoms with Crippen molar-refractivity contribution in [3.05, 3.63) is 82.2 Å². The maximum Gasteiger partial charge on any atom is 0.312 e. The third kappa shape index (κ3) is 2.63. The zero-order valence-electron chi connectivity index (χ0n) is 19.0. The molecule has 32 heavy (non-hydrogen) atoms. The lowest BCUT2D eigenvalue weighted by Gasteiger charge is -2.41. The molecule has 1 aliphatic carbocycles. The van der Waals surface area contributed by atoms with Gasteiger partial charge in [0.1, 0.15) is 34.5 Å². The molecule has 0 saturated heterocycles. The Bertz CT molecular complexity index is 1150. The molecule has 1 atom stereocenters. The fraction of sp³-hybridized carbons (Fsp3) is 0.407. The molecule has 1 unspecified atom stereocenters. The predicted octanol–water partition coefficient (Wildman–Crippen LogP) is 6.94. The van der Waals surface area contributed by atoms with Crippen molar-refractivity contribution in [3.63, 3.8) is 0 Å². The first-order valence-corrected chi connectivity index (χ1v) is 11.4. The van der Waals surface area contributed by atoms with E-state index in [1.54, 1.807) is 0 Å². The van der Waals surface area contributed by atoms with Crippen LogP contribution in [-0.2, 0) is 24.7 Å². The van der Waals surface area contributed by atoms with Crippen LogP contribution in [0.15, 0.2) is 65.5 Å². The van der Waals surface area contributed by atoms with Crippen LogP contribution >= 0.6 is 0 Å². The van der Waals surface area contributed by atoms with Gasteiger partial charge in [-0.2, -0.15) is 0 Å². The molecule has 5 heteroatoms. The van der Waals surface area contributed by atoms with Crippen LogP contribution in [0.1, 0.15) is 76.0 Å². The average Bonchev–Trinajstić information content (AvgIpc) is 3.24. The predicted molar refractivity (Wildman–Crippen MR) is 119 cm³/mol. The number of hydrogen-bond donors (Lipinski definition) is 0. The van der Waals surface area contributed by atoms with E-state index in [1.165, 1.54) is 0 Å². The van der Waals surface area contributed by atoms with Crippen LogP contribution in [0.4, 0.5) is 0 Å². The maximum absolute atomic E-state index is 6.46. The Morgan fingerprint density at radius 3 is 2.12 bits per heavy atom. The van der Waals surface area contributed by atoms with E-state index in [4.69, 9.17) is 23.7 Å². The summed E-state index contributed by atoms with van der Waals surface area (Å²) in [7, 11) is 0. The molecule has 0 N–H and O–H groups in total. The molecular weight excluding hydrogens is 404 g/mol. The minimum atomic E-state index is -1.04. The zero-order chi connectivity index (χ0) is 22.1. The van der Waals surface area contributed by atoms with Crippen molar-refractivity contribution in [1.29, 1.82) is 0 Å². The van der Waals surface area contributed by atoms with E-state index in [9.17, 15) is 0 Å². The summed E-state index contributed by atoms with van der Waals surface area (Å²) in [6, 6.07) is 14.3. The standard InChI is InChI=1S/C27H28O5/c1-16-17(2)30-26(29-16)14-8-7-9-21(26)20-12-13-25-23(15-20)27(31-18(3)19(4)32-27)22-10-5-6-11-24(22)28-25/h5-6,10-13,15,21H,7-9,14H2,1-4H3. The van der Waals surface area contributed by atoms with Crippen LogP contribution in [0, 0.1) is 0 Å². The summed E-state index contributed by atoms with van der Waals surface area (Å²) in [6.45, 7) is 7.86. The van der Waals surface area contributed by atoms with Crippen molar-refractivity contribution in [2.45, 2.75) is 70.9 Å². The van der Waals surface area contributed by atoms with Crippen LogP contribution in [0.2, 0.25) is 0 Å². The lowest BCUT2D eigenvalue weighted by atomic mass is 9.77. The van der Waals surface area contributed by atoms with E-state index in [1.807, 2.05) is 58.0 Å². The summed E-state index contributed by atoms with van der Waals surface area (Å²) in [5, 5.41) is 0. The molecule has 0 bridgehead atoms. The third-order valence-electron chi connectivity index (χ3n) is 7.26. The third-order valence-corrected chi connectivity index (χ3v) is 7.26. The van der Waals surface area contributed by atoms with Crippen molar-refractivity contribution in [2.75, 3.05) is 0 Å². The maximum atomic E-state index is 6.46. The van der Waals surface area contributed by atoms with Gasteiger partial charge in [0.25, 0.3) is 5.79 Å². The molecule has 0 radical (unpaired) electrons. The van der Waals surface area contributed by atoms with E-state index >= 15 is 0 Å². The van der Waals surface area contributed by atoms with Crippen LogP contribution in [0.3, 0.4) is 0 Å². The first-order valence-electron chi connectivity index (χ1n) is 11.4. The smallest absolute Gasteiger partial charge is 0.312 e. The van der Waals surface area contributed by atoms with Crippen LogP contribution in [-0.4, -0.2) is 5.79 Å². The summed E-state index contributed by atoms with van der Waals surface area (Å²) in [5.41, 5.74) is 2.91. The van der Waals surface area contributed by atoms with Crippen molar-refractivity contribution in [2.24, 2.45) is 0 Å². The summed E-state index contributed by atoms with van der Waals surface area (Å²) < 4.78 is 31.9. The highest BCUT2D eigenvalue weighted by atomic mass is 16.7. The Kier molecular flexibility index (Phi) is 4.11. The normalized spacial score (nSPS) is 24.3. The number of para-hydroxylation sites is 1.